The smallest absolute Gasteiger partial charge is 0.261 e. The molecule has 2 aromatic rings. The summed E-state index contributed by atoms with van der Waals surface area (Å²) in [6.07, 6.45) is 3.82. The van der Waals surface area contributed by atoms with Crippen molar-refractivity contribution in [3.8, 4) is 0 Å². The lowest BCUT2D eigenvalue weighted by molar-refractivity contribution is 0.0936. The number of nitrogens with one attached hydrogen (secondary N) is 2. The lowest BCUT2D eigenvalue weighted by Gasteiger charge is -2.17. The Morgan fingerprint density at radius 3 is 2.92 bits per heavy atom. The topological polar surface area (TPSA) is 65.2 Å². The van der Waals surface area contributed by atoms with Gasteiger partial charge >= 0.3 is 0 Å². The molecule has 1 aromatic heterocycles. The number of nitrogens with zero attached hydrogens (tertiary/aromatic N) is 1. The maximum atomic E-state index is 12.5. The second kappa shape index (κ2) is 6.84. The van der Waals surface area contributed by atoms with Crippen LogP contribution in [0.3, 0.4) is 0 Å². The summed E-state index contributed by atoms with van der Waals surface area (Å²) in [6, 6.07) is 12.2. The first-order valence-electron chi connectivity index (χ1n) is 9.01. The zero-order valence-electron chi connectivity index (χ0n) is 14.3. The number of pyridine rings is 1. The van der Waals surface area contributed by atoms with Crippen LogP contribution in [-0.4, -0.2) is 34.9 Å². The van der Waals surface area contributed by atoms with E-state index in [1.54, 1.807) is 6.07 Å². The van der Waals surface area contributed by atoms with Gasteiger partial charge in [0, 0.05) is 31.4 Å². The molecule has 5 nitrogen and oxygen atoms in total. The third kappa shape index (κ3) is 3.51. The van der Waals surface area contributed by atoms with E-state index in [9.17, 15) is 9.59 Å². The number of aromatic nitrogens is 1. The summed E-state index contributed by atoms with van der Waals surface area (Å²) in [5.41, 5.74) is 3.38. The molecule has 2 aliphatic rings. The van der Waals surface area contributed by atoms with Crippen LogP contribution in [0.4, 0.5) is 0 Å². The van der Waals surface area contributed by atoms with Crippen LogP contribution in [0.25, 0.3) is 0 Å². The lowest BCUT2D eigenvalue weighted by Crippen LogP contribution is -2.39. The highest BCUT2D eigenvalue weighted by atomic mass is 16.2. The number of rotatable bonds is 4. The highest BCUT2D eigenvalue weighted by Crippen LogP contribution is 2.19. The fourth-order valence-electron chi connectivity index (χ4n) is 3.88. The summed E-state index contributed by atoms with van der Waals surface area (Å²) in [6.45, 7) is 2.68. The number of benzene rings is 1. The molecule has 0 saturated carbocycles. The van der Waals surface area contributed by atoms with Gasteiger partial charge in [-0.05, 0) is 42.9 Å². The number of H-pyrrole nitrogens is 1. The van der Waals surface area contributed by atoms with Crippen molar-refractivity contribution in [3.05, 3.63) is 69.1 Å². The number of hydrogen-bond acceptors (Lipinski definition) is 3. The molecule has 130 valence electrons. The number of likely N-dealkylation sites (tertiary alicyclic amines) is 1. The predicted molar refractivity (Wildman–Crippen MR) is 96.7 cm³/mol. The summed E-state index contributed by atoms with van der Waals surface area (Å²) in [5, 5.41) is 3.04. The summed E-state index contributed by atoms with van der Waals surface area (Å²) < 4.78 is 0. The van der Waals surface area contributed by atoms with E-state index >= 15 is 0 Å². The Balaban J connectivity index is 1.38. The predicted octanol–water partition coefficient (Wildman–Crippen LogP) is 1.87. The van der Waals surface area contributed by atoms with E-state index in [-0.39, 0.29) is 23.1 Å². The molecule has 2 N–H and O–H groups in total. The molecule has 0 radical (unpaired) electrons. The van der Waals surface area contributed by atoms with Gasteiger partial charge < -0.3 is 10.3 Å². The Kier molecular flexibility index (Phi) is 4.40. The first kappa shape index (κ1) is 16.1. The molecular weight excluding hydrogens is 314 g/mol. The van der Waals surface area contributed by atoms with Crippen LogP contribution in [0.15, 0.2) is 41.2 Å². The molecule has 1 aromatic carbocycles. The van der Waals surface area contributed by atoms with Crippen molar-refractivity contribution in [1.82, 2.24) is 15.2 Å². The SMILES string of the molecule is O=C(NC1CCN(Cc2ccccc2)C1)c1cc2c([nH]c1=O)CCC2. The molecule has 1 amide bonds. The minimum Gasteiger partial charge on any atom is -0.348 e. The molecule has 1 saturated heterocycles. The first-order chi connectivity index (χ1) is 12.2. The monoisotopic (exact) mass is 337 g/mol. The fraction of sp³-hybridized carbons (Fsp3) is 0.400. The number of carbonyl (C=O) groups excluding carboxylic acids is 1. The Morgan fingerprint density at radius 2 is 2.08 bits per heavy atom. The van der Waals surface area contributed by atoms with Crippen molar-refractivity contribution in [1.29, 1.82) is 0 Å². The van der Waals surface area contributed by atoms with Crippen molar-refractivity contribution >= 4 is 5.91 Å². The van der Waals surface area contributed by atoms with Gasteiger partial charge in [-0.15, -0.1) is 0 Å². The van der Waals surface area contributed by atoms with Gasteiger partial charge in [0.2, 0.25) is 0 Å². The summed E-state index contributed by atoms with van der Waals surface area (Å²) in [4.78, 5) is 29.9. The molecular formula is C20H23N3O2. The van der Waals surface area contributed by atoms with Gasteiger partial charge in [-0.2, -0.15) is 0 Å². The van der Waals surface area contributed by atoms with Gasteiger partial charge in [0.25, 0.3) is 11.5 Å². The molecule has 0 bridgehead atoms. The zero-order chi connectivity index (χ0) is 17.2. The highest BCUT2D eigenvalue weighted by Gasteiger charge is 2.26. The average Bonchev–Trinajstić information content (AvgIpc) is 3.24. The second-order valence-corrected chi connectivity index (χ2v) is 7.05. The molecule has 0 spiro atoms. The minimum absolute atomic E-state index is 0.101. The number of aryl methyl sites for hydroxylation is 2. The van der Waals surface area contributed by atoms with E-state index in [4.69, 9.17) is 0 Å². The third-order valence-electron chi connectivity index (χ3n) is 5.19. The fourth-order valence-corrected chi connectivity index (χ4v) is 3.88. The number of hydrogen-bond donors (Lipinski definition) is 2. The zero-order valence-corrected chi connectivity index (χ0v) is 14.3. The molecule has 5 heteroatoms. The Hall–Kier alpha value is -2.40. The van der Waals surface area contributed by atoms with E-state index in [1.807, 2.05) is 18.2 Å². The summed E-state index contributed by atoms with van der Waals surface area (Å²) in [7, 11) is 0. The Labute approximate surface area is 147 Å². The maximum absolute atomic E-state index is 12.5. The average molecular weight is 337 g/mol. The number of amides is 1. The number of fused-ring (bicyclic) bond motifs is 1. The highest BCUT2D eigenvalue weighted by molar-refractivity contribution is 5.94. The molecule has 2 heterocycles. The van der Waals surface area contributed by atoms with Crippen LogP contribution in [0.2, 0.25) is 0 Å². The number of aromatic amines is 1. The minimum atomic E-state index is -0.266. The van der Waals surface area contributed by atoms with Crippen molar-refractivity contribution in [2.24, 2.45) is 0 Å². The van der Waals surface area contributed by atoms with Crippen LogP contribution in [-0.2, 0) is 19.4 Å². The van der Waals surface area contributed by atoms with Gasteiger partial charge in [0.05, 0.1) is 0 Å². The Morgan fingerprint density at radius 1 is 1.24 bits per heavy atom. The van der Waals surface area contributed by atoms with Gasteiger partial charge in [0.1, 0.15) is 5.56 Å². The van der Waals surface area contributed by atoms with Crippen molar-refractivity contribution in [2.45, 2.75) is 38.3 Å². The molecule has 1 atom stereocenters. The van der Waals surface area contributed by atoms with Crippen LogP contribution < -0.4 is 10.9 Å². The van der Waals surface area contributed by atoms with Crippen LogP contribution >= 0.6 is 0 Å². The first-order valence-corrected chi connectivity index (χ1v) is 9.01. The van der Waals surface area contributed by atoms with E-state index in [1.165, 1.54) is 5.56 Å². The molecule has 1 aliphatic heterocycles. The van der Waals surface area contributed by atoms with Crippen LogP contribution in [0.5, 0.6) is 0 Å². The van der Waals surface area contributed by atoms with Crippen molar-refractivity contribution in [3.63, 3.8) is 0 Å². The van der Waals surface area contributed by atoms with E-state index in [0.717, 1.165) is 56.6 Å². The number of carbonyl (C=O) groups is 1. The van der Waals surface area contributed by atoms with Crippen molar-refractivity contribution in [2.75, 3.05) is 13.1 Å². The van der Waals surface area contributed by atoms with E-state index in [2.05, 4.69) is 27.3 Å². The normalized spacial score (nSPS) is 19.8. The Bertz CT molecular complexity index is 829. The standard InChI is InChI=1S/C20H23N3O2/c24-19(17-11-15-7-4-8-18(15)22-20(17)25)21-16-9-10-23(13-16)12-14-5-2-1-3-6-14/h1-3,5-6,11,16H,4,7-10,12-13H2,(H,21,24)(H,22,25). The van der Waals surface area contributed by atoms with Gasteiger partial charge in [0.15, 0.2) is 0 Å². The second-order valence-electron chi connectivity index (χ2n) is 7.05. The summed E-state index contributed by atoms with van der Waals surface area (Å²) >= 11 is 0. The lowest BCUT2D eigenvalue weighted by atomic mass is 10.1. The van der Waals surface area contributed by atoms with E-state index in [0.29, 0.717) is 0 Å². The molecule has 25 heavy (non-hydrogen) atoms. The van der Waals surface area contributed by atoms with Crippen LogP contribution in [0.1, 0.15) is 40.0 Å². The van der Waals surface area contributed by atoms with Gasteiger partial charge in [-0.1, -0.05) is 30.3 Å². The van der Waals surface area contributed by atoms with Crippen LogP contribution in [0, 0.1) is 0 Å². The largest absolute Gasteiger partial charge is 0.348 e. The maximum Gasteiger partial charge on any atom is 0.261 e. The summed E-state index contributed by atoms with van der Waals surface area (Å²) in [5.74, 6) is -0.248. The quantitative estimate of drug-likeness (QED) is 0.895. The molecule has 1 aliphatic carbocycles. The molecule has 1 unspecified atom stereocenters. The van der Waals surface area contributed by atoms with Gasteiger partial charge in [-0.25, -0.2) is 0 Å². The third-order valence-corrected chi connectivity index (χ3v) is 5.19. The molecule has 1 fully saturated rings. The molecule has 4 rings (SSSR count). The van der Waals surface area contributed by atoms with E-state index < -0.39 is 0 Å². The van der Waals surface area contributed by atoms with Gasteiger partial charge in [-0.3, -0.25) is 14.5 Å². The van der Waals surface area contributed by atoms with Crippen molar-refractivity contribution < 1.29 is 4.79 Å².